The Bertz CT molecular complexity index is 499. The van der Waals surface area contributed by atoms with Crippen LogP contribution in [0.2, 0.25) is 0 Å². The third-order valence-electron chi connectivity index (χ3n) is 2.72. The van der Waals surface area contributed by atoms with Crippen molar-refractivity contribution in [3.8, 4) is 5.88 Å². The van der Waals surface area contributed by atoms with E-state index < -0.39 is 0 Å². The fourth-order valence-corrected chi connectivity index (χ4v) is 1.91. The summed E-state index contributed by atoms with van der Waals surface area (Å²) in [5.74, 6) is 0.698. The highest BCUT2D eigenvalue weighted by molar-refractivity contribution is 9.10. The smallest absolute Gasteiger partial charge is 0.213 e. The maximum absolute atomic E-state index is 5.63. The number of hydrogen-bond donors (Lipinski definition) is 0. The Morgan fingerprint density at radius 2 is 2.00 bits per heavy atom. The largest absolute Gasteiger partial charge is 0.478 e. The Labute approximate surface area is 116 Å². The summed E-state index contributed by atoms with van der Waals surface area (Å²) in [6.45, 7) is 2.73. The average molecular weight is 306 g/mol. The quantitative estimate of drug-likeness (QED) is 0.774. The topological polar surface area (TPSA) is 22.1 Å². The van der Waals surface area contributed by atoms with E-state index in [9.17, 15) is 0 Å². The van der Waals surface area contributed by atoms with E-state index in [0.29, 0.717) is 12.5 Å². The van der Waals surface area contributed by atoms with Crippen molar-refractivity contribution < 1.29 is 4.74 Å². The first-order valence-corrected chi connectivity index (χ1v) is 6.84. The summed E-state index contributed by atoms with van der Waals surface area (Å²) >= 11 is 3.42. The zero-order valence-corrected chi connectivity index (χ0v) is 12.0. The number of aromatic nitrogens is 1. The predicted molar refractivity (Wildman–Crippen MR) is 76.9 cm³/mol. The molecule has 0 unspecified atom stereocenters. The first-order valence-electron chi connectivity index (χ1n) is 6.04. The van der Waals surface area contributed by atoms with Crippen molar-refractivity contribution >= 4 is 15.9 Å². The molecule has 0 amide bonds. The van der Waals surface area contributed by atoms with Crippen molar-refractivity contribution in [3.63, 3.8) is 0 Å². The van der Waals surface area contributed by atoms with Gasteiger partial charge in [0.25, 0.3) is 0 Å². The summed E-state index contributed by atoms with van der Waals surface area (Å²) < 4.78 is 6.64. The van der Waals surface area contributed by atoms with E-state index in [4.69, 9.17) is 4.74 Å². The second-order valence-electron chi connectivity index (χ2n) is 4.21. The second kappa shape index (κ2) is 6.55. The first-order chi connectivity index (χ1) is 8.75. The van der Waals surface area contributed by atoms with Crippen molar-refractivity contribution in [2.45, 2.75) is 19.8 Å². The highest BCUT2D eigenvalue weighted by Crippen LogP contribution is 2.18. The highest BCUT2D eigenvalue weighted by Gasteiger charge is 2.00. The molecular formula is C15H16BrNO. The van der Waals surface area contributed by atoms with Gasteiger partial charge < -0.3 is 4.74 Å². The molecule has 0 atom stereocenters. The number of pyridine rings is 1. The standard InChI is InChI=1S/C15H16BrNO/c1-12-10-15(17-11-14(12)16)18-9-5-8-13-6-3-2-4-7-13/h2-4,6-7,10-11H,5,8-9H2,1H3. The van der Waals surface area contributed by atoms with Gasteiger partial charge in [-0.3, -0.25) is 0 Å². The third kappa shape index (κ3) is 3.84. The van der Waals surface area contributed by atoms with E-state index in [2.05, 4.69) is 45.2 Å². The minimum atomic E-state index is 0.697. The molecule has 1 aromatic carbocycles. The van der Waals surface area contributed by atoms with Gasteiger partial charge in [-0.15, -0.1) is 0 Å². The lowest BCUT2D eigenvalue weighted by Gasteiger charge is -2.06. The number of nitrogens with zero attached hydrogens (tertiary/aromatic N) is 1. The van der Waals surface area contributed by atoms with Crippen LogP contribution in [0.3, 0.4) is 0 Å². The van der Waals surface area contributed by atoms with Gasteiger partial charge in [-0.25, -0.2) is 4.98 Å². The summed E-state index contributed by atoms with van der Waals surface area (Å²) in [5, 5.41) is 0. The van der Waals surface area contributed by atoms with Gasteiger partial charge in [0.15, 0.2) is 0 Å². The molecule has 0 saturated carbocycles. The van der Waals surface area contributed by atoms with Gasteiger partial charge in [0, 0.05) is 16.7 Å². The summed E-state index contributed by atoms with van der Waals surface area (Å²) in [6, 6.07) is 12.4. The van der Waals surface area contributed by atoms with Crippen LogP contribution in [0.5, 0.6) is 5.88 Å². The van der Waals surface area contributed by atoms with E-state index in [1.54, 1.807) is 6.20 Å². The summed E-state index contributed by atoms with van der Waals surface area (Å²) in [4.78, 5) is 4.21. The minimum Gasteiger partial charge on any atom is -0.478 e. The number of aryl methyl sites for hydroxylation is 2. The van der Waals surface area contributed by atoms with Crippen LogP contribution in [-0.2, 0) is 6.42 Å². The molecule has 0 spiro atoms. The Morgan fingerprint density at radius 1 is 1.22 bits per heavy atom. The van der Waals surface area contributed by atoms with Crippen molar-refractivity contribution in [1.29, 1.82) is 0 Å². The van der Waals surface area contributed by atoms with Gasteiger partial charge in [0.05, 0.1) is 6.61 Å². The molecule has 0 N–H and O–H groups in total. The highest BCUT2D eigenvalue weighted by atomic mass is 79.9. The molecule has 2 rings (SSSR count). The van der Waals surface area contributed by atoms with Gasteiger partial charge in [-0.1, -0.05) is 30.3 Å². The van der Waals surface area contributed by atoms with Gasteiger partial charge in [0.1, 0.15) is 0 Å². The van der Waals surface area contributed by atoms with Crippen LogP contribution in [0.1, 0.15) is 17.5 Å². The number of ether oxygens (including phenoxy) is 1. The maximum Gasteiger partial charge on any atom is 0.213 e. The Balaban J connectivity index is 1.77. The van der Waals surface area contributed by atoms with Gasteiger partial charge in [-0.05, 0) is 46.8 Å². The van der Waals surface area contributed by atoms with Crippen LogP contribution in [0.4, 0.5) is 0 Å². The van der Waals surface area contributed by atoms with Crippen molar-refractivity contribution in [3.05, 3.63) is 58.2 Å². The van der Waals surface area contributed by atoms with Crippen LogP contribution in [0.15, 0.2) is 47.1 Å². The monoisotopic (exact) mass is 305 g/mol. The number of halogens is 1. The fourth-order valence-electron chi connectivity index (χ4n) is 1.69. The van der Waals surface area contributed by atoms with E-state index in [0.717, 1.165) is 22.9 Å². The van der Waals surface area contributed by atoms with Crippen LogP contribution in [0, 0.1) is 6.92 Å². The molecule has 0 aliphatic rings. The zero-order valence-electron chi connectivity index (χ0n) is 10.4. The van der Waals surface area contributed by atoms with Crippen molar-refractivity contribution in [1.82, 2.24) is 4.98 Å². The molecule has 1 heterocycles. The molecule has 0 aliphatic carbocycles. The van der Waals surface area contributed by atoms with Crippen molar-refractivity contribution in [2.75, 3.05) is 6.61 Å². The lowest BCUT2D eigenvalue weighted by Crippen LogP contribution is -2.01. The number of rotatable bonds is 5. The lowest BCUT2D eigenvalue weighted by atomic mass is 10.1. The molecule has 0 saturated heterocycles. The molecule has 2 nitrogen and oxygen atoms in total. The van der Waals surface area contributed by atoms with Gasteiger partial charge >= 0.3 is 0 Å². The SMILES string of the molecule is Cc1cc(OCCCc2ccccc2)ncc1Br. The molecule has 0 bridgehead atoms. The van der Waals surface area contributed by atoms with Crippen LogP contribution in [-0.4, -0.2) is 11.6 Å². The molecule has 0 radical (unpaired) electrons. The third-order valence-corrected chi connectivity index (χ3v) is 3.55. The molecule has 0 fully saturated rings. The van der Waals surface area contributed by atoms with Crippen LogP contribution >= 0.6 is 15.9 Å². The Kier molecular flexibility index (Phi) is 4.76. The molecule has 0 aliphatic heterocycles. The number of hydrogen-bond acceptors (Lipinski definition) is 2. The van der Waals surface area contributed by atoms with E-state index in [1.807, 2.05) is 19.1 Å². The van der Waals surface area contributed by atoms with E-state index in [-0.39, 0.29) is 0 Å². The molecule has 2 aromatic rings. The van der Waals surface area contributed by atoms with E-state index >= 15 is 0 Å². The Hall–Kier alpha value is -1.35. The summed E-state index contributed by atoms with van der Waals surface area (Å²) in [6.07, 6.45) is 3.82. The first kappa shape index (κ1) is 13.1. The predicted octanol–water partition coefficient (Wildman–Crippen LogP) is 4.16. The average Bonchev–Trinajstić information content (AvgIpc) is 2.40. The normalized spacial score (nSPS) is 10.3. The van der Waals surface area contributed by atoms with Crippen LogP contribution in [0.25, 0.3) is 0 Å². The number of benzene rings is 1. The molecule has 3 heteroatoms. The minimum absolute atomic E-state index is 0.697. The van der Waals surface area contributed by atoms with Gasteiger partial charge in [-0.2, -0.15) is 0 Å². The summed E-state index contributed by atoms with van der Waals surface area (Å²) in [5.41, 5.74) is 2.49. The Morgan fingerprint density at radius 3 is 2.72 bits per heavy atom. The van der Waals surface area contributed by atoms with Crippen molar-refractivity contribution in [2.24, 2.45) is 0 Å². The molecule has 94 valence electrons. The van der Waals surface area contributed by atoms with Crippen LogP contribution < -0.4 is 4.74 Å². The molecule has 18 heavy (non-hydrogen) atoms. The molecular weight excluding hydrogens is 290 g/mol. The lowest BCUT2D eigenvalue weighted by molar-refractivity contribution is 0.299. The van der Waals surface area contributed by atoms with E-state index in [1.165, 1.54) is 5.56 Å². The fraction of sp³-hybridized carbons (Fsp3) is 0.267. The molecule has 1 aromatic heterocycles. The second-order valence-corrected chi connectivity index (χ2v) is 5.06. The van der Waals surface area contributed by atoms with Gasteiger partial charge in [0.2, 0.25) is 5.88 Å². The zero-order chi connectivity index (χ0) is 12.8. The maximum atomic E-state index is 5.63. The summed E-state index contributed by atoms with van der Waals surface area (Å²) in [7, 11) is 0.